The Labute approximate surface area is 179 Å². The van der Waals surface area contributed by atoms with Gasteiger partial charge in [0.25, 0.3) is 0 Å². The predicted molar refractivity (Wildman–Crippen MR) is 111 cm³/mol. The standard InChI is InChI=1S/C20H24Cl2N4O3/c1-11(2)9-15(19(27)29-3)25-20(28)26-8-7-14-17(24-10-23-14)18(26)12-5-4-6-13(21)16(12)22/h4-6,10-11,15,18H,7-9H2,1-3H3,(H,23,24)(H,25,28)/t15-,18?/m0/s1. The van der Waals surface area contributed by atoms with Crippen LogP contribution >= 0.6 is 23.2 Å². The number of methoxy groups -OCH3 is 1. The first-order valence-electron chi connectivity index (χ1n) is 9.44. The Balaban J connectivity index is 1.95. The van der Waals surface area contributed by atoms with E-state index in [-0.39, 0.29) is 11.9 Å². The first-order chi connectivity index (χ1) is 13.8. The van der Waals surface area contributed by atoms with Crippen molar-refractivity contribution in [3.8, 4) is 0 Å². The van der Waals surface area contributed by atoms with Crippen LogP contribution in [-0.4, -0.2) is 46.6 Å². The van der Waals surface area contributed by atoms with E-state index >= 15 is 0 Å². The Bertz CT molecular complexity index is 900. The summed E-state index contributed by atoms with van der Waals surface area (Å²) in [5, 5.41) is 3.60. The van der Waals surface area contributed by atoms with Gasteiger partial charge in [0.2, 0.25) is 0 Å². The van der Waals surface area contributed by atoms with Gasteiger partial charge >= 0.3 is 12.0 Å². The average molecular weight is 439 g/mol. The van der Waals surface area contributed by atoms with Gasteiger partial charge in [0.15, 0.2) is 0 Å². The molecule has 1 unspecified atom stereocenters. The van der Waals surface area contributed by atoms with Crippen LogP contribution < -0.4 is 5.32 Å². The van der Waals surface area contributed by atoms with Gasteiger partial charge < -0.3 is 19.9 Å². The Morgan fingerprint density at radius 1 is 1.38 bits per heavy atom. The molecule has 2 amide bonds. The molecule has 9 heteroatoms. The number of urea groups is 1. The molecule has 1 aliphatic heterocycles. The topological polar surface area (TPSA) is 87.3 Å². The molecule has 0 aliphatic carbocycles. The van der Waals surface area contributed by atoms with E-state index in [1.165, 1.54) is 7.11 Å². The summed E-state index contributed by atoms with van der Waals surface area (Å²) in [5.74, 6) is -0.265. The molecule has 29 heavy (non-hydrogen) atoms. The predicted octanol–water partition coefficient (Wildman–Crippen LogP) is 3.96. The lowest BCUT2D eigenvalue weighted by atomic mass is 9.95. The molecule has 0 saturated carbocycles. The zero-order valence-electron chi connectivity index (χ0n) is 16.5. The number of H-pyrrole nitrogens is 1. The van der Waals surface area contributed by atoms with Gasteiger partial charge in [-0.15, -0.1) is 0 Å². The van der Waals surface area contributed by atoms with Crippen LogP contribution in [0.15, 0.2) is 24.5 Å². The van der Waals surface area contributed by atoms with Gasteiger partial charge in [0, 0.05) is 24.2 Å². The smallest absolute Gasteiger partial charge is 0.328 e. The van der Waals surface area contributed by atoms with Crippen molar-refractivity contribution in [1.29, 1.82) is 0 Å². The van der Waals surface area contributed by atoms with Crippen LogP contribution in [0.2, 0.25) is 10.0 Å². The Kier molecular flexibility index (Phi) is 6.70. The zero-order chi connectivity index (χ0) is 21.1. The number of amides is 2. The summed E-state index contributed by atoms with van der Waals surface area (Å²) in [6.45, 7) is 4.39. The van der Waals surface area contributed by atoms with Crippen molar-refractivity contribution in [2.75, 3.05) is 13.7 Å². The lowest BCUT2D eigenvalue weighted by Gasteiger charge is -2.36. The lowest BCUT2D eigenvalue weighted by molar-refractivity contribution is -0.143. The van der Waals surface area contributed by atoms with Gasteiger partial charge in [-0.2, -0.15) is 0 Å². The highest BCUT2D eigenvalue weighted by Crippen LogP contribution is 2.39. The summed E-state index contributed by atoms with van der Waals surface area (Å²) < 4.78 is 4.86. The monoisotopic (exact) mass is 438 g/mol. The number of imidazole rings is 1. The number of nitrogens with one attached hydrogen (secondary N) is 2. The molecular weight excluding hydrogens is 415 g/mol. The lowest BCUT2D eigenvalue weighted by Crippen LogP contribution is -2.51. The Hall–Kier alpha value is -2.25. The minimum atomic E-state index is -0.733. The van der Waals surface area contributed by atoms with Crippen molar-refractivity contribution >= 4 is 35.2 Å². The SMILES string of the molecule is COC(=O)[C@H](CC(C)C)NC(=O)N1CCc2[nH]cnc2C1c1cccc(Cl)c1Cl. The highest BCUT2D eigenvalue weighted by molar-refractivity contribution is 6.42. The molecule has 0 bridgehead atoms. The summed E-state index contributed by atoms with van der Waals surface area (Å²) >= 11 is 12.7. The van der Waals surface area contributed by atoms with E-state index in [9.17, 15) is 9.59 Å². The molecule has 2 atom stereocenters. The molecule has 0 spiro atoms. The third-order valence-electron chi connectivity index (χ3n) is 4.95. The summed E-state index contributed by atoms with van der Waals surface area (Å²) in [4.78, 5) is 34.6. The van der Waals surface area contributed by atoms with Gasteiger partial charge in [0.05, 0.1) is 29.2 Å². The number of halogens is 2. The molecule has 156 valence electrons. The highest BCUT2D eigenvalue weighted by atomic mass is 35.5. The summed E-state index contributed by atoms with van der Waals surface area (Å²) in [6, 6.07) is 3.68. The largest absolute Gasteiger partial charge is 0.467 e. The van der Waals surface area contributed by atoms with E-state index in [0.29, 0.717) is 40.7 Å². The summed E-state index contributed by atoms with van der Waals surface area (Å²) in [5.41, 5.74) is 2.34. The van der Waals surface area contributed by atoms with Crippen molar-refractivity contribution < 1.29 is 14.3 Å². The molecule has 0 saturated heterocycles. The number of carbonyl (C=O) groups is 2. The Morgan fingerprint density at radius 2 is 2.14 bits per heavy atom. The number of hydrogen-bond acceptors (Lipinski definition) is 4. The molecule has 1 aromatic heterocycles. The van der Waals surface area contributed by atoms with Gasteiger partial charge in [0.1, 0.15) is 12.1 Å². The minimum absolute atomic E-state index is 0.205. The fourth-order valence-corrected chi connectivity index (χ4v) is 4.01. The summed E-state index contributed by atoms with van der Waals surface area (Å²) in [7, 11) is 1.31. The first-order valence-corrected chi connectivity index (χ1v) is 10.2. The van der Waals surface area contributed by atoms with E-state index < -0.39 is 18.1 Å². The van der Waals surface area contributed by atoms with Crippen molar-refractivity contribution in [1.82, 2.24) is 20.2 Å². The fourth-order valence-electron chi connectivity index (χ4n) is 3.60. The van der Waals surface area contributed by atoms with Crippen LogP contribution in [0.1, 0.15) is 43.3 Å². The average Bonchev–Trinajstić information content (AvgIpc) is 3.16. The van der Waals surface area contributed by atoms with Gasteiger partial charge in [-0.3, -0.25) is 0 Å². The van der Waals surface area contributed by atoms with Crippen LogP contribution in [0.25, 0.3) is 0 Å². The van der Waals surface area contributed by atoms with Crippen LogP contribution in [0.5, 0.6) is 0 Å². The third-order valence-corrected chi connectivity index (χ3v) is 5.79. The molecule has 2 N–H and O–H groups in total. The quantitative estimate of drug-likeness (QED) is 0.691. The molecule has 7 nitrogen and oxygen atoms in total. The second-order valence-electron chi connectivity index (χ2n) is 7.41. The second kappa shape index (κ2) is 9.05. The summed E-state index contributed by atoms with van der Waals surface area (Å²) in [6.07, 6.45) is 2.69. The number of ether oxygens (including phenoxy) is 1. The highest BCUT2D eigenvalue weighted by Gasteiger charge is 2.37. The molecular formula is C20H24Cl2N4O3. The molecule has 1 aliphatic rings. The molecule has 1 aromatic carbocycles. The number of benzene rings is 1. The van der Waals surface area contributed by atoms with Crippen molar-refractivity contribution in [3.63, 3.8) is 0 Å². The maximum Gasteiger partial charge on any atom is 0.328 e. The Morgan fingerprint density at radius 3 is 2.83 bits per heavy atom. The molecule has 3 rings (SSSR count). The fraction of sp³-hybridized carbons (Fsp3) is 0.450. The van der Waals surface area contributed by atoms with Crippen LogP contribution in [0.3, 0.4) is 0 Å². The zero-order valence-corrected chi connectivity index (χ0v) is 18.0. The minimum Gasteiger partial charge on any atom is -0.467 e. The van der Waals surface area contributed by atoms with E-state index in [1.54, 1.807) is 23.4 Å². The number of aromatic amines is 1. The van der Waals surface area contributed by atoms with Crippen molar-refractivity contribution in [2.24, 2.45) is 5.92 Å². The number of carbonyl (C=O) groups excluding carboxylic acids is 2. The van der Waals surface area contributed by atoms with E-state index in [0.717, 1.165) is 5.69 Å². The number of aromatic nitrogens is 2. The number of esters is 1. The second-order valence-corrected chi connectivity index (χ2v) is 8.20. The number of rotatable bonds is 5. The number of fused-ring (bicyclic) bond motifs is 1. The normalized spacial score (nSPS) is 17.0. The van der Waals surface area contributed by atoms with Crippen molar-refractivity contribution in [3.05, 3.63) is 51.5 Å². The molecule has 0 radical (unpaired) electrons. The van der Waals surface area contributed by atoms with Crippen LogP contribution in [-0.2, 0) is 16.0 Å². The molecule has 2 heterocycles. The van der Waals surface area contributed by atoms with Crippen LogP contribution in [0, 0.1) is 5.92 Å². The van der Waals surface area contributed by atoms with Gasteiger partial charge in [-0.25, -0.2) is 14.6 Å². The maximum absolute atomic E-state index is 13.2. The van der Waals surface area contributed by atoms with Crippen LogP contribution in [0.4, 0.5) is 4.79 Å². The first kappa shape index (κ1) is 21.5. The van der Waals surface area contributed by atoms with E-state index in [2.05, 4.69) is 15.3 Å². The molecule has 2 aromatic rings. The third kappa shape index (κ3) is 4.51. The number of nitrogens with zero attached hydrogens (tertiary/aromatic N) is 2. The van der Waals surface area contributed by atoms with Gasteiger partial charge in [-0.1, -0.05) is 49.2 Å². The maximum atomic E-state index is 13.2. The van der Waals surface area contributed by atoms with E-state index in [1.807, 2.05) is 19.9 Å². The van der Waals surface area contributed by atoms with E-state index in [4.69, 9.17) is 27.9 Å². The molecule has 0 fully saturated rings. The van der Waals surface area contributed by atoms with Gasteiger partial charge in [-0.05, 0) is 18.4 Å². The van der Waals surface area contributed by atoms with Crippen molar-refractivity contribution in [2.45, 2.75) is 38.8 Å². The number of hydrogen-bond donors (Lipinski definition) is 2.